The van der Waals surface area contributed by atoms with E-state index in [-0.39, 0.29) is 17.5 Å². The largest absolute Gasteiger partial charge is 0.449 e. The van der Waals surface area contributed by atoms with Gasteiger partial charge < -0.3 is 15.4 Å². The highest BCUT2D eigenvalue weighted by Gasteiger charge is 2.26. The Kier molecular flexibility index (Phi) is 5.51. The maximum absolute atomic E-state index is 12.1. The van der Waals surface area contributed by atoms with Crippen LogP contribution in [0.3, 0.4) is 0 Å². The zero-order valence-electron chi connectivity index (χ0n) is 13.4. The lowest BCUT2D eigenvalue weighted by Crippen LogP contribution is -2.45. The third kappa shape index (κ3) is 5.38. The number of urea groups is 1. The fourth-order valence-electron chi connectivity index (χ4n) is 1.87. The number of hydrogen-bond acceptors (Lipinski definition) is 5. The molecule has 0 spiro atoms. The number of imide groups is 1. The van der Waals surface area contributed by atoms with Crippen molar-refractivity contribution in [1.29, 1.82) is 0 Å². The molecule has 0 aromatic heterocycles. The number of anilines is 1. The normalized spacial score (nSPS) is 14.2. The molecule has 0 unspecified atom stereocenters. The van der Waals surface area contributed by atoms with E-state index in [0.29, 0.717) is 5.69 Å². The third-order valence-corrected chi connectivity index (χ3v) is 3.22. The van der Waals surface area contributed by atoms with Gasteiger partial charge in [-0.25, -0.2) is 9.59 Å². The molecule has 0 bridgehead atoms. The van der Waals surface area contributed by atoms with E-state index < -0.39 is 24.0 Å². The minimum absolute atomic E-state index is 0.118. The van der Waals surface area contributed by atoms with Crippen molar-refractivity contribution in [2.45, 2.75) is 38.8 Å². The van der Waals surface area contributed by atoms with Gasteiger partial charge in [0, 0.05) is 18.7 Å². The minimum atomic E-state index is -1.13. The van der Waals surface area contributed by atoms with Crippen LogP contribution in [0.25, 0.3) is 0 Å². The van der Waals surface area contributed by atoms with Crippen molar-refractivity contribution >= 4 is 29.5 Å². The molecule has 0 aliphatic heterocycles. The molecule has 2 rings (SSSR count). The van der Waals surface area contributed by atoms with Crippen molar-refractivity contribution < 1.29 is 23.9 Å². The lowest BCUT2D eigenvalue weighted by atomic mass is 10.2. The van der Waals surface area contributed by atoms with E-state index >= 15 is 0 Å². The Morgan fingerprint density at radius 1 is 1.21 bits per heavy atom. The fourth-order valence-corrected chi connectivity index (χ4v) is 1.87. The molecule has 4 amide bonds. The number of amides is 4. The molecule has 1 fully saturated rings. The topological polar surface area (TPSA) is 114 Å². The SMILES string of the molecule is CC(=O)Nc1cccc(C(=O)O[C@H](C)C(=O)NC(=O)NC2CC2)c1. The smallest absolute Gasteiger partial charge is 0.338 e. The van der Waals surface area contributed by atoms with Crippen LogP contribution in [-0.2, 0) is 14.3 Å². The molecule has 8 nitrogen and oxygen atoms in total. The highest BCUT2D eigenvalue weighted by atomic mass is 16.5. The van der Waals surface area contributed by atoms with Crippen LogP contribution in [0.15, 0.2) is 24.3 Å². The number of benzene rings is 1. The summed E-state index contributed by atoms with van der Waals surface area (Å²) in [4.78, 5) is 46.4. The molecule has 1 atom stereocenters. The van der Waals surface area contributed by atoms with E-state index in [4.69, 9.17) is 4.74 Å². The van der Waals surface area contributed by atoms with Gasteiger partial charge in [-0.15, -0.1) is 0 Å². The molecule has 1 aliphatic rings. The van der Waals surface area contributed by atoms with Crippen LogP contribution in [-0.4, -0.2) is 36.0 Å². The van der Waals surface area contributed by atoms with Gasteiger partial charge in [0.2, 0.25) is 5.91 Å². The highest BCUT2D eigenvalue weighted by molar-refractivity contribution is 5.99. The summed E-state index contributed by atoms with van der Waals surface area (Å²) >= 11 is 0. The summed E-state index contributed by atoms with van der Waals surface area (Å²) in [7, 11) is 0. The van der Waals surface area contributed by atoms with E-state index in [0.717, 1.165) is 12.8 Å². The van der Waals surface area contributed by atoms with E-state index in [2.05, 4.69) is 16.0 Å². The van der Waals surface area contributed by atoms with Gasteiger partial charge in [-0.3, -0.25) is 14.9 Å². The number of esters is 1. The van der Waals surface area contributed by atoms with Gasteiger partial charge in [0.05, 0.1) is 5.56 Å². The standard InChI is InChI=1S/C16H19N3O5/c1-9(14(21)19-16(23)18-12-6-7-12)24-15(22)11-4-3-5-13(8-11)17-10(2)20/h3-5,8-9,12H,6-7H2,1-2H3,(H,17,20)(H2,18,19,21,23)/t9-/m1/s1. The molecule has 8 heteroatoms. The fraction of sp³-hybridized carbons (Fsp3) is 0.375. The summed E-state index contributed by atoms with van der Waals surface area (Å²) in [6.45, 7) is 2.72. The van der Waals surface area contributed by atoms with Crippen molar-refractivity contribution in [3.05, 3.63) is 29.8 Å². The van der Waals surface area contributed by atoms with Crippen LogP contribution < -0.4 is 16.0 Å². The van der Waals surface area contributed by atoms with Gasteiger partial charge >= 0.3 is 12.0 Å². The molecule has 3 N–H and O–H groups in total. The zero-order chi connectivity index (χ0) is 17.7. The second kappa shape index (κ2) is 7.58. The van der Waals surface area contributed by atoms with Crippen LogP contribution in [0.1, 0.15) is 37.0 Å². The molecule has 24 heavy (non-hydrogen) atoms. The molecular weight excluding hydrogens is 314 g/mol. The van der Waals surface area contributed by atoms with E-state index in [9.17, 15) is 19.2 Å². The third-order valence-electron chi connectivity index (χ3n) is 3.22. The zero-order valence-corrected chi connectivity index (χ0v) is 13.4. The van der Waals surface area contributed by atoms with Crippen LogP contribution in [0, 0.1) is 0 Å². The van der Waals surface area contributed by atoms with Gasteiger partial charge in [0.25, 0.3) is 5.91 Å². The number of hydrogen-bond donors (Lipinski definition) is 3. The summed E-state index contributed by atoms with van der Waals surface area (Å²) < 4.78 is 5.04. The number of carbonyl (C=O) groups is 4. The van der Waals surface area contributed by atoms with Gasteiger partial charge in [-0.2, -0.15) is 0 Å². The molecule has 1 aliphatic carbocycles. The van der Waals surface area contributed by atoms with Crippen LogP contribution in [0.4, 0.5) is 10.5 Å². The second-order valence-corrected chi connectivity index (χ2v) is 5.55. The predicted octanol–water partition coefficient (Wildman–Crippen LogP) is 1.18. The molecule has 0 saturated heterocycles. The summed E-state index contributed by atoms with van der Waals surface area (Å²) in [5, 5.41) is 7.27. The van der Waals surface area contributed by atoms with Gasteiger partial charge in [-0.1, -0.05) is 6.07 Å². The average molecular weight is 333 g/mol. The lowest BCUT2D eigenvalue weighted by Gasteiger charge is -2.13. The lowest BCUT2D eigenvalue weighted by molar-refractivity contribution is -0.127. The van der Waals surface area contributed by atoms with E-state index in [1.54, 1.807) is 12.1 Å². The van der Waals surface area contributed by atoms with Crippen molar-refractivity contribution in [3.8, 4) is 0 Å². The monoisotopic (exact) mass is 333 g/mol. The van der Waals surface area contributed by atoms with Gasteiger partial charge in [-0.05, 0) is 38.0 Å². The number of ether oxygens (including phenoxy) is 1. The molecule has 1 aromatic rings. The number of nitrogens with one attached hydrogen (secondary N) is 3. The maximum Gasteiger partial charge on any atom is 0.338 e. The van der Waals surface area contributed by atoms with Crippen LogP contribution in [0.5, 0.6) is 0 Å². The average Bonchev–Trinajstić information content (AvgIpc) is 3.30. The summed E-state index contributed by atoms with van der Waals surface area (Å²) in [6.07, 6.45) is 0.667. The Morgan fingerprint density at radius 3 is 2.54 bits per heavy atom. The van der Waals surface area contributed by atoms with Crippen LogP contribution >= 0.6 is 0 Å². The van der Waals surface area contributed by atoms with Crippen molar-refractivity contribution in [3.63, 3.8) is 0 Å². The number of carbonyl (C=O) groups excluding carboxylic acids is 4. The summed E-state index contributed by atoms with van der Waals surface area (Å²) in [6, 6.07) is 5.66. The first-order valence-corrected chi connectivity index (χ1v) is 7.55. The Morgan fingerprint density at radius 2 is 1.92 bits per heavy atom. The quantitative estimate of drug-likeness (QED) is 0.700. The van der Waals surface area contributed by atoms with Gasteiger partial charge in [0.1, 0.15) is 0 Å². The van der Waals surface area contributed by atoms with E-state index in [1.807, 2.05) is 0 Å². The first kappa shape index (κ1) is 17.5. The molecule has 0 heterocycles. The second-order valence-electron chi connectivity index (χ2n) is 5.55. The molecule has 128 valence electrons. The first-order chi connectivity index (χ1) is 11.3. The minimum Gasteiger partial charge on any atom is -0.449 e. The van der Waals surface area contributed by atoms with Gasteiger partial charge in [0.15, 0.2) is 6.10 Å². The Labute approximate surface area is 138 Å². The summed E-state index contributed by atoms with van der Waals surface area (Å²) in [5.41, 5.74) is 0.626. The Bertz CT molecular complexity index is 669. The first-order valence-electron chi connectivity index (χ1n) is 7.55. The molecule has 1 aromatic carbocycles. The van der Waals surface area contributed by atoms with Crippen molar-refractivity contribution in [2.75, 3.05) is 5.32 Å². The van der Waals surface area contributed by atoms with Crippen molar-refractivity contribution in [1.82, 2.24) is 10.6 Å². The van der Waals surface area contributed by atoms with E-state index in [1.165, 1.54) is 26.0 Å². The predicted molar refractivity (Wildman–Crippen MR) is 85.3 cm³/mol. The number of rotatable bonds is 5. The summed E-state index contributed by atoms with van der Waals surface area (Å²) in [5.74, 6) is -1.71. The molecular formula is C16H19N3O5. The van der Waals surface area contributed by atoms with Crippen LogP contribution in [0.2, 0.25) is 0 Å². The molecule has 0 radical (unpaired) electrons. The maximum atomic E-state index is 12.1. The molecule has 1 saturated carbocycles. The Balaban J connectivity index is 1.89. The van der Waals surface area contributed by atoms with Crippen molar-refractivity contribution in [2.24, 2.45) is 0 Å². The Hall–Kier alpha value is -2.90. The highest BCUT2D eigenvalue weighted by Crippen LogP contribution is 2.18.